The Kier molecular flexibility index (Phi) is 5.23. The van der Waals surface area contributed by atoms with Gasteiger partial charge in [0, 0.05) is 36.9 Å². The van der Waals surface area contributed by atoms with Crippen molar-refractivity contribution in [2.45, 2.75) is 6.04 Å². The summed E-state index contributed by atoms with van der Waals surface area (Å²) in [7, 11) is 0. The zero-order valence-corrected chi connectivity index (χ0v) is 15.9. The number of nitrogens with two attached hydrogens (primary N) is 1. The number of piperazine rings is 1. The van der Waals surface area contributed by atoms with Gasteiger partial charge in [-0.05, 0) is 42.0 Å². The maximum Gasteiger partial charge on any atom is 0.215 e. The molecule has 1 fully saturated rings. The second-order valence-corrected chi connectivity index (χ2v) is 7.09. The Balaban J connectivity index is 1.56. The van der Waals surface area contributed by atoms with Crippen molar-refractivity contribution in [3.63, 3.8) is 0 Å². The molecule has 1 unspecified atom stereocenters. The number of hydrogen-bond donors (Lipinski definition) is 2. The molecule has 1 aromatic carbocycles. The first kappa shape index (κ1) is 18.4. The smallest absolute Gasteiger partial charge is 0.215 e. The van der Waals surface area contributed by atoms with Crippen LogP contribution in [-0.4, -0.2) is 35.4 Å². The molecule has 2 aromatic heterocycles. The molecule has 0 amide bonds. The molecule has 0 saturated carbocycles. The van der Waals surface area contributed by atoms with Crippen molar-refractivity contribution in [3.8, 4) is 0 Å². The molecule has 4 rings (SSSR count). The number of ketones is 1. The Morgan fingerprint density at radius 2 is 1.96 bits per heavy atom. The Bertz CT molecular complexity index is 992. The topological polar surface area (TPSA) is 84.1 Å². The Morgan fingerprint density at radius 1 is 1.14 bits per heavy atom. The summed E-state index contributed by atoms with van der Waals surface area (Å²) >= 11 is 6.00. The predicted molar refractivity (Wildman–Crippen MR) is 111 cm³/mol. The Morgan fingerprint density at radius 3 is 2.75 bits per heavy atom. The number of benzene rings is 1. The number of hydrogen-bond acceptors (Lipinski definition) is 6. The van der Waals surface area contributed by atoms with Crippen LogP contribution in [0.4, 0.5) is 11.6 Å². The van der Waals surface area contributed by atoms with E-state index < -0.39 is 0 Å². The fraction of sp³-hybridized carbons (Fsp3) is 0.190. The molecule has 3 heterocycles. The number of nitrogens with one attached hydrogen (secondary N) is 1. The summed E-state index contributed by atoms with van der Waals surface area (Å²) in [5.74, 6) is 0.760. The van der Waals surface area contributed by atoms with Gasteiger partial charge in [-0.25, -0.2) is 9.97 Å². The third kappa shape index (κ3) is 3.83. The number of anilines is 2. The van der Waals surface area contributed by atoms with Crippen molar-refractivity contribution in [2.75, 3.05) is 30.3 Å². The summed E-state index contributed by atoms with van der Waals surface area (Å²) in [6.45, 7) is 2.38. The van der Waals surface area contributed by atoms with Crippen molar-refractivity contribution in [1.29, 1.82) is 0 Å². The van der Waals surface area contributed by atoms with Crippen LogP contribution in [0.2, 0.25) is 5.02 Å². The molecule has 3 N–H and O–H groups in total. The molecule has 0 bridgehead atoms. The number of halogens is 1. The van der Waals surface area contributed by atoms with Crippen LogP contribution in [0.15, 0.2) is 60.8 Å². The van der Waals surface area contributed by atoms with Gasteiger partial charge in [-0.15, -0.1) is 0 Å². The largest absolute Gasteiger partial charge is 0.383 e. The fourth-order valence-electron chi connectivity index (χ4n) is 3.35. The van der Waals surface area contributed by atoms with E-state index in [0.29, 0.717) is 11.3 Å². The standard InChI is InChI=1S/C21H20ClN5O/c22-15-8-6-14(7-9-15)18-13-27(12-11-24-18)19-5-1-4-17(26-19)20(28)16-3-2-10-25-21(16)23/h1-10,18,24H,11-13H2,(H2,23,25). The van der Waals surface area contributed by atoms with Gasteiger partial charge in [0.2, 0.25) is 5.78 Å². The van der Waals surface area contributed by atoms with Crippen molar-refractivity contribution in [2.24, 2.45) is 0 Å². The number of nitrogens with zero attached hydrogens (tertiary/aromatic N) is 3. The molecule has 1 atom stereocenters. The molecule has 0 radical (unpaired) electrons. The van der Waals surface area contributed by atoms with Gasteiger partial charge >= 0.3 is 0 Å². The third-order valence-electron chi connectivity index (χ3n) is 4.82. The zero-order valence-electron chi connectivity index (χ0n) is 15.2. The van der Waals surface area contributed by atoms with Gasteiger partial charge in [-0.1, -0.05) is 29.8 Å². The van der Waals surface area contributed by atoms with Gasteiger partial charge in [-0.3, -0.25) is 4.79 Å². The molecule has 0 spiro atoms. The summed E-state index contributed by atoms with van der Waals surface area (Å²) in [4.78, 5) is 23.6. The first-order chi connectivity index (χ1) is 13.6. The number of nitrogen functional groups attached to an aromatic ring is 1. The highest BCUT2D eigenvalue weighted by atomic mass is 35.5. The minimum Gasteiger partial charge on any atom is -0.383 e. The van der Waals surface area contributed by atoms with Crippen molar-refractivity contribution in [3.05, 3.63) is 82.6 Å². The normalized spacial score (nSPS) is 16.8. The maximum atomic E-state index is 12.8. The van der Waals surface area contributed by atoms with Gasteiger partial charge in [0.1, 0.15) is 17.3 Å². The van der Waals surface area contributed by atoms with Crippen LogP contribution in [-0.2, 0) is 0 Å². The van der Waals surface area contributed by atoms with E-state index in [1.807, 2.05) is 36.4 Å². The van der Waals surface area contributed by atoms with E-state index in [-0.39, 0.29) is 17.6 Å². The van der Waals surface area contributed by atoms with Crippen LogP contribution in [0, 0.1) is 0 Å². The Hall–Kier alpha value is -2.96. The van der Waals surface area contributed by atoms with Crippen LogP contribution in [0.5, 0.6) is 0 Å². The van der Waals surface area contributed by atoms with E-state index in [1.165, 1.54) is 5.56 Å². The quantitative estimate of drug-likeness (QED) is 0.662. The number of aromatic nitrogens is 2. The van der Waals surface area contributed by atoms with E-state index >= 15 is 0 Å². The number of pyridine rings is 2. The van der Waals surface area contributed by atoms with E-state index in [0.717, 1.165) is 30.5 Å². The highest BCUT2D eigenvalue weighted by Crippen LogP contribution is 2.23. The fourth-order valence-corrected chi connectivity index (χ4v) is 3.48. The number of rotatable bonds is 4. The van der Waals surface area contributed by atoms with Gasteiger partial charge in [-0.2, -0.15) is 0 Å². The van der Waals surface area contributed by atoms with Crippen molar-refractivity contribution >= 4 is 29.0 Å². The van der Waals surface area contributed by atoms with Crippen LogP contribution in [0.25, 0.3) is 0 Å². The third-order valence-corrected chi connectivity index (χ3v) is 5.07. The monoisotopic (exact) mass is 393 g/mol. The summed E-state index contributed by atoms with van der Waals surface area (Å²) in [6, 6.07) is 16.9. The summed E-state index contributed by atoms with van der Waals surface area (Å²) < 4.78 is 0. The average molecular weight is 394 g/mol. The molecular weight excluding hydrogens is 374 g/mol. The molecule has 1 saturated heterocycles. The molecule has 1 aliphatic heterocycles. The SMILES string of the molecule is Nc1ncccc1C(=O)c1cccc(N2CCNC(c3ccc(Cl)cc3)C2)n1. The molecule has 1 aliphatic rings. The van der Waals surface area contributed by atoms with Gasteiger partial charge in [0.05, 0.1) is 5.56 Å². The summed E-state index contributed by atoms with van der Waals surface area (Å²) in [5, 5.41) is 4.24. The lowest BCUT2D eigenvalue weighted by atomic mass is 10.0. The van der Waals surface area contributed by atoms with Crippen molar-refractivity contribution in [1.82, 2.24) is 15.3 Å². The van der Waals surface area contributed by atoms with Crippen LogP contribution >= 0.6 is 11.6 Å². The molecular formula is C21H20ClN5O. The lowest BCUT2D eigenvalue weighted by Gasteiger charge is -2.35. The van der Waals surface area contributed by atoms with Gasteiger partial charge in [0.15, 0.2) is 0 Å². The van der Waals surface area contributed by atoms with E-state index in [4.69, 9.17) is 17.3 Å². The second kappa shape index (κ2) is 7.96. The van der Waals surface area contributed by atoms with Crippen molar-refractivity contribution < 1.29 is 4.79 Å². The number of carbonyl (C=O) groups excluding carboxylic acids is 1. The first-order valence-electron chi connectivity index (χ1n) is 9.08. The minimum absolute atomic E-state index is 0.168. The molecule has 7 heteroatoms. The average Bonchev–Trinajstić information content (AvgIpc) is 2.74. The van der Waals surface area contributed by atoms with Crippen LogP contribution in [0.1, 0.15) is 27.7 Å². The van der Waals surface area contributed by atoms with E-state index in [9.17, 15) is 4.79 Å². The molecule has 3 aromatic rings. The second-order valence-electron chi connectivity index (χ2n) is 6.65. The summed E-state index contributed by atoms with van der Waals surface area (Å²) in [5.41, 5.74) is 7.74. The van der Waals surface area contributed by atoms with Crippen LogP contribution < -0.4 is 16.0 Å². The molecule has 28 heavy (non-hydrogen) atoms. The van der Waals surface area contributed by atoms with Gasteiger partial charge in [0.25, 0.3) is 0 Å². The highest BCUT2D eigenvalue weighted by molar-refractivity contribution is 6.30. The highest BCUT2D eigenvalue weighted by Gasteiger charge is 2.23. The number of carbonyl (C=O) groups is 1. The van der Waals surface area contributed by atoms with E-state index in [1.54, 1.807) is 24.4 Å². The molecule has 142 valence electrons. The molecule has 0 aliphatic carbocycles. The predicted octanol–water partition coefficient (Wildman–Crippen LogP) is 3.09. The lowest BCUT2D eigenvalue weighted by Crippen LogP contribution is -2.46. The van der Waals surface area contributed by atoms with Crippen LogP contribution in [0.3, 0.4) is 0 Å². The lowest BCUT2D eigenvalue weighted by molar-refractivity contribution is 0.103. The zero-order chi connectivity index (χ0) is 19.5. The molecule has 6 nitrogen and oxygen atoms in total. The summed E-state index contributed by atoms with van der Waals surface area (Å²) in [6.07, 6.45) is 1.56. The van der Waals surface area contributed by atoms with E-state index in [2.05, 4.69) is 20.2 Å². The first-order valence-corrected chi connectivity index (χ1v) is 9.45. The minimum atomic E-state index is -0.225. The maximum absolute atomic E-state index is 12.8. The Labute approximate surface area is 168 Å². The van der Waals surface area contributed by atoms with Gasteiger partial charge < -0.3 is 16.0 Å².